The molecule has 1 unspecified atom stereocenters. The molecule has 0 aliphatic carbocycles. The van der Waals surface area contributed by atoms with Crippen molar-refractivity contribution in [2.24, 2.45) is 5.41 Å². The van der Waals surface area contributed by atoms with Gasteiger partial charge in [0.1, 0.15) is 5.82 Å². The van der Waals surface area contributed by atoms with E-state index in [0.717, 1.165) is 24.5 Å². The number of aliphatic hydroxyl groups is 1. The van der Waals surface area contributed by atoms with Crippen LogP contribution in [0.5, 0.6) is 0 Å². The van der Waals surface area contributed by atoms with Crippen LogP contribution in [0.15, 0.2) is 18.2 Å². The Morgan fingerprint density at radius 2 is 2.12 bits per heavy atom. The van der Waals surface area contributed by atoms with Gasteiger partial charge < -0.3 is 10.4 Å². The minimum atomic E-state index is -0.262. The van der Waals surface area contributed by atoms with Gasteiger partial charge in [-0.15, -0.1) is 0 Å². The molecule has 1 rings (SSSR count). The maximum atomic E-state index is 9.39. The summed E-state index contributed by atoms with van der Waals surface area (Å²) in [5, 5.41) is 12.7. The number of aromatic nitrogens is 1. The van der Waals surface area contributed by atoms with Crippen LogP contribution in [0.3, 0.4) is 0 Å². The molecule has 16 heavy (non-hydrogen) atoms. The fourth-order valence-corrected chi connectivity index (χ4v) is 1.84. The number of anilines is 1. The largest absolute Gasteiger partial charge is 0.393 e. The first kappa shape index (κ1) is 13.0. The molecule has 90 valence electrons. The van der Waals surface area contributed by atoms with Crippen molar-refractivity contribution in [1.82, 2.24) is 4.98 Å². The Kier molecular flexibility index (Phi) is 4.30. The second-order valence-electron chi connectivity index (χ2n) is 5.24. The lowest BCUT2D eigenvalue weighted by Crippen LogP contribution is -2.27. The zero-order valence-electron chi connectivity index (χ0n) is 10.6. The summed E-state index contributed by atoms with van der Waals surface area (Å²) < 4.78 is 0. The highest BCUT2D eigenvalue weighted by atomic mass is 16.3. The smallest absolute Gasteiger partial charge is 0.126 e. The second-order valence-corrected chi connectivity index (χ2v) is 5.24. The average molecular weight is 222 g/mol. The van der Waals surface area contributed by atoms with E-state index in [4.69, 9.17) is 0 Å². The first-order valence-electron chi connectivity index (χ1n) is 5.75. The summed E-state index contributed by atoms with van der Waals surface area (Å²) >= 11 is 0. The Balaban J connectivity index is 2.50. The maximum Gasteiger partial charge on any atom is 0.126 e. The van der Waals surface area contributed by atoms with Crippen LogP contribution in [-0.2, 0) is 0 Å². The van der Waals surface area contributed by atoms with E-state index in [-0.39, 0.29) is 11.5 Å². The molecule has 1 aromatic heterocycles. The Bertz CT molecular complexity index is 334. The molecular formula is C13H22N2O. The van der Waals surface area contributed by atoms with Gasteiger partial charge in [0.2, 0.25) is 0 Å². The highest BCUT2D eigenvalue weighted by Crippen LogP contribution is 2.22. The second kappa shape index (κ2) is 5.30. The van der Waals surface area contributed by atoms with Crippen molar-refractivity contribution in [3.8, 4) is 0 Å². The highest BCUT2D eigenvalue weighted by Gasteiger charge is 2.20. The molecule has 3 nitrogen and oxygen atoms in total. The maximum absolute atomic E-state index is 9.39. The fraction of sp³-hybridized carbons (Fsp3) is 0.615. The Hall–Kier alpha value is -1.09. The van der Waals surface area contributed by atoms with Crippen LogP contribution < -0.4 is 5.32 Å². The lowest BCUT2D eigenvalue weighted by molar-refractivity contribution is 0.135. The molecule has 0 aliphatic rings. The first-order chi connectivity index (χ1) is 7.39. The van der Waals surface area contributed by atoms with Crippen molar-refractivity contribution in [2.45, 2.75) is 40.2 Å². The van der Waals surface area contributed by atoms with Crippen molar-refractivity contribution in [3.05, 3.63) is 23.9 Å². The third-order valence-corrected chi connectivity index (χ3v) is 2.48. The normalized spacial score (nSPS) is 13.6. The molecule has 2 N–H and O–H groups in total. The third kappa shape index (κ3) is 4.62. The zero-order valence-corrected chi connectivity index (χ0v) is 10.6. The third-order valence-electron chi connectivity index (χ3n) is 2.48. The molecule has 0 fully saturated rings. The predicted octanol–water partition coefficient (Wildman–Crippen LogP) is 2.60. The van der Waals surface area contributed by atoms with E-state index in [1.54, 1.807) is 0 Å². The van der Waals surface area contributed by atoms with Crippen LogP contribution in [0.25, 0.3) is 0 Å². The predicted molar refractivity (Wildman–Crippen MR) is 67.5 cm³/mol. The van der Waals surface area contributed by atoms with Crippen molar-refractivity contribution < 1.29 is 5.11 Å². The molecule has 0 radical (unpaired) electrons. The van der Waals surface area contributed by atoms with Gasteiger partial charge in [-0.05, 0) is 37.8 Å². The van der Waals surface area contributed by atoms with Gasteiger partial charge in [0.25, 0.3) is 0 Å². The number of nitrogens with zero attached hydrogens (tertiary/aromatic N) is 1. The number of hydrogen-bond acceptors (Lipinski definition) is 3. The van der Waals surface area contributed by atoms with E-state index in [1.807, 2.05) is 32.0 Å². The summed E-state index contributed by atoms with van der Waals surface area (Å²) in [6, 6.07) is 5.93. The van der Waals surface area contributed by atoms with Gasteiger partial charge in [-0.3, -0.25) is 0 Å². The summed E-state index contributed by atoms with van der Waals surface area (Å²) in [4.78, 5) is 4.38. The molecule has 1 heterocycles. The van der Waals surface area contributed by atoms with Crippen molar-refractivity contribution in [1.29, 1.82) is 0 Å². The molecule has 0 aliphatic heterocycles. The van der Waals surface area contributed by atoms with Crippen LogP contribution >= 0.6 is 0 Å². The fourth-order valence-electron chi connectivity index (χ4n) is 1.84. The van der Waals surface area contributed by atoms with Gasteiger partial charge in [-0.2, -0.15) is 0 Å². The van der Waals surface area contributed by atoms with Gasteiger partial charge in [0.05, 0.1) is 6.10 Å². The average Bonchev–Trinajstić information content (AvgIpc) is 2.13. The minimum absolute atomic E-state index is 0.0690. The van der Waals surface area contributed by atoms with E-state index in [9.17, 15) is 5.11 Å². The van der Waals surface area contributed by atoms with Crippen LogP contribution in [0.4, 0.5) is 5.82 Å². The van der Waals surface area contributed by atoms with E-state index >= 15 is 0 Å². The number of aryl methyl sites for hydroxylation is 1. The Morgan fingerprint density at radius 1 is 1.44 bits per heavy atom. The van der Waals surface area contributed by atoms with E-state index < -0.39 is 0 Å². The van der Waals surface area contributed by atoms with E-state index in [0.29, 0.717) is 0 Å². The molecule has 0 saturated carbocycles. The Labute approximate surface area is 97.9 Å². The number of aliphatic hydroxyl groups excluding tert-OH is 1. The Morgan fingerprint density at radius 3 is 2.69 bits per heavy atom. The van der Waals surface area contributed by atoms with Crippen LogP contribution in [0.2, 0.25) is 0 Å². The lowest BCUT2D eigenvalue weighted by Gasteiger charge is -2.26. The van der Waals surface area contributed by atoms with Crippen molar-refractivity contribution in [3.63, 3.8) is 0 Å². The summed E-state index contributed by atoms with van der Waals surface area (Å²) in [6.45, 7) is 8.90. The molecule has 0 amide bonds. The molecule has 0 saturated heterocycles. The topological polar surface area (TPSA) is 45.1 Å². The molecule has 0 bridgehead atoms. The number of rotatable bonds is 5. The van der Waals surface area contributed by atoms with Gasteiger partial charge >= 0.3 is 0 Å². The van der Waals surface area contributed by atoms with Crippen LogP contribution in [0, 0.1) is 12.3 Å². The van der Waals surface area contributed by atoms with Crippen molar-refractivity contribution in [2.75, 3.05) is 11.9 Å². The number of pyridine rings is 1. The van der Waals surface area contributed by atoms with Crippen LogP contribution in [-0.4, -0.2) is 22.7 Å². The molecule has 3 heteroatoms. The molecule has 0 spiro atoms. The van der Waals surface area contributed by atoms with Crippen molar-refractivity contribution >= 4 is 5.82 Å². The lowest BCUT2D eigenvalue weighted by atomic mass is 9.87. The zero-order chi connectivity index (χ0) is 12.2. The SMILES string of the molecule is Cc1cccc(NCC(C)(C)CC(C)O)n1. The van der Waals surface area contributed by atoms with Gasteiger partial charge in [0, 0.05) is 12.2 Å². The number of nitrogens with one attached hydrogen (secondary N) is 1. The molecule has 0 aromatic carbocycles. The molecule has 1 aromatic rings. The first-order valence-corrected chi connectivity index (χ1v) is 5.75. The molecular weight excluding hydrogens is 200 g/mol. The summed E-state index contributed by atoms with van der Waals surface area (Å²) in [7, 11) is 0. The van der Waals surface area contributed by atoms with Gasteiger partial charge in [-0.1, -0.05) is 19.9 Å². The molecule has 1 atom stereocenters. The van der Waals surface area contributed by atoms with Gasteiger partial charge in [0.15, 0.2) is 0 Å². The van der Waals surface area contributed by atoms with Gasteiger partial charge in [-0.25, -0.2) is 4.98 Å². The standard InChI is InChI=1S/C13H22N2O/c1-10-6-5-7-12(15-10)14-9-13(3,4)8-11(2)16/h5-7,11,16H,8-9H2,1-4H3,(H,14,15). The number of hydrogen-bond donors (Lipinski definition) is 2. The summed E-state index contributed by atoms with van der Waals surface area (Å²) in [5.74, 6) is 0.902. The quantitative estimate of drug-likeness (QED) is 0.805. The summed E-state index contributed by atoms with van der Waals surface area (Å²) in [5.41, 5.74) is 1.08. The summed E-state index contributed by atoms with van der Waals surface area (Å²) in [6.07, 6.45) is 0.522. The van der Waals surface area contributed by atoms with E-state index in [2.05, 4.69) is 24.1 Å². The van der Waals surface area contributed by atoms with Crippen LogP contribution in [0.1, 0.15) is 32.9 Å². The minimum Gasteiger partial charge on any atom is -0.393 e. The van der Waals surface area contributed by atoms with E-state index in [1.165, 1.54) is 0 Å². The monoisotopic (exact) mass is 222 g/mol. The highest BCUT2D eigenvalue weighted by molar-refractivity contribution is 5.35.